The van der Waals surface area contributed by atoms with Crippen LogP contribution in [-0.2, 0) is 0 Å². The van der Waals surface area contributed by atoms with Crippen molar-refractivity contribution in [2.24, 2.45) is 0 Å². The fraction of sp³-hybridized carbons (Fsp3) is 0.286. The Morgan fingerprint density at radius 1 is 1.62 bits per heavy atom. The summed E-state index contributed by atoms with van der Waals surface area (Å²) in [6.07, 6.45) is -2.77. The Morgan fingerprint density at radius 3 is 2.69 bits per heavy atom. The Morgan fingerprint density at radius 2 is 2.23 bits per heavy atom. The first-order valence-electron chi connectivity index (χ1n) is 3.41. The van der Waals surface area contributed by atoms with E-state index in [1.165, 1.54) is 7.11 Å². The Balaban J connectivity index is 3.38. The summed E-state index contributed by atoms with van der Waals surface area (Å²) in [5.74, 6) is -0.560. The van der Waals surface area contributed by atoms with Crippen LogP contribution in [0.25, 0.3) is 0 Å². The molecule has 0 aliphatic rings. The molecule has 0 saturated carbocycles. The molecule has 1 rings (SSSR count). The van der Waals surface area contributed by atoms with Gasteiger partial charge in [0.2, 0.25) is 0 Å². The van der Waals surface area contributed by atoms with Crippen molar-refractivity contribution in [2.75, 3.05) is 12.8 Å². The van der Waals surface area contributed by atoms with Crippen LogP contribution in [-0.4, -0.2) is 12.1 Å². The van der Waals surface area contributed by atoms with E-state index in [9.17, 15) is 13.6 Å². The lowest BCUT2D eigenvalue weighted by atomic mass is 10.2. The number of pyridine rings is 1. The van der Waals surface area contributed by atoms with Gasteiger partial charge in [-0.05, 0) is 0 Å². The van der Waals surface area contributed by atoms with E-state index in [1.54, 1.807) is 0 Å². The number of ether oxygens (including phenoxy) is 1. The predicted molar refractivity (Wildman–Crippen MR) is 43.0 cm³/mol. The number of nitrogens with one attached hydrogen (secondary N) is 1. The molecule has 0 radical (unpaired) electrons. The first-order valence-corrected chi connectivity index (χ1v) is 3.41. The van der Waals surface area contributed by atoms with Crippen molar-refractivity contribution >= 4 is 5.82 Å². The molecule has 13 heavy (non-hydrogen) atoms. The van der Waals surface area contributed by atoms with Crippen molar-refractivity contribution in [1.29, 1.82) is 0 Å². The lowest BCUT2D eigenvalue weighted by Crippen LogP contribution is -2.12. The van der Waals surface area contributed by atoms with Crippen molar-refractivity contribution in [3.05, 3.63) is 22.0 Å². The van der Waals surface area contributed by atoms with Crippen LogP contribution in [0.2, 0.25) is 0 Å². The second kappa shape index (κ2) is 3.42. The summed E-state index contributed by atoms with van der Waals surface area (Å²) in [5, 5.41) is 0. The fourth-order valence-corrected chi connectivity index (χ4v) is 0.960. The van der Waals surface area contributed by atoms with Crippen molar-refractivity contribution in [3.8, 4) is 5.75 Å². The fourth-order valence-electron chi connectivity index (χ4n) is 0.960. The van der Waals surface area contributed by atoms with E-state index >= 15 is 0 Å². The number of methoxy groups -OCH3 is 1. The molecule has 1 heterocycles. The molecule has 1 aromatic heterocycles. The highest BCUT2D eigenvalue weighted by molar-refractivity contribution is 5.48. The molecule has 6 heteroatoms. The number of nitrogens with two attached hydrogens (primary N) is 1. The van der Waals surface area contributed by atoms with Crippen molar-refractivity contribution in [3.63, 3.8) is 0 Å². The summed E-state index contributed by atoms with van der Waals surface area (Å²) in [4.78, 5) is 12.8. The Labute approximate surface area is 72.3 Å². The highest BCUT2D eigenvalue weighted by Crippen LogP contribution is 2.30. The van der Waals surface area contributed by atoms with Crippen molar-refractivity contribution < 1.29 is 13.5 Å². The summed E-state index contributed by atoms with van der Waals surface area (Å²) in [5.41, 5.74) is 4.13. The molecular weight excluding hydrogens is 182 g/mol. The van der Waals surface area contributed by atoms with Crippen molar-refractivity contribution in [1.82, 2.24) is 4.98 Å². The molecule has 0 saturated heterocycles. The maximum Gasteiger partial charge on any atom is 0.270 e. The number of H-pyrrole nitrogens is 1. The minimum atomic E-state index is -2.77. The summed E-state index contributed by atoms with van der Waals surface area (Å²) in [6.45, 7) is 0. The molecule has 0 aliphatic carbocycles. The number of alkyl halides is 2. The molecule has 0 unspecified atom stereocenters. The molecule has 0 fully saturated rings. The van der Waals surface area contributed by atoms with E-state index in [4.69, 9.17) is 5.73 Å². The molecular formula is C7H8F2N2O2. The van der Waals surface area contributed by atoms with Crippen LogP contribution in [0.1, 0.15) is 12.0 Å². The second-order valence-corrected chi connectivity index (χ2v) is 2.33. The number of hydrogen-bond donors (Lipinski definition) is 2. The van der Waals surface area contributed by atoms with E-state index in [-0.39, 0.29) is 11.6 Å². The van der Waals surface area contributed by atoms with Crippen molar-refractivity contribution in [2.45, 2.75) is 6.43 Å². The maximum absolute atomic E-state index is 12.3. The largest absolute Gasteiger partial charge is 0.496 e. The molecule has 0 aromatic carbocycles. The van der Waals surface area contributed by atoms with Crippen LogP contribution in [0.15, 0.2) is 10.9 Å². The topological polar surface area (TPSA) is 68.1 Å². The van der Waals surface area contributed by atoms with Gasteiger partial charge < -0.3 is 15.5 Å². The van der Waals surface area contributed by atoms with E-state index in [0.717, 1.165) is 6.07 Å². The normalized spacial score (nSPS) is 10.5. The van der Waals surface area contributed by atoms with Crippen LogP contribution >= 0.6 is 0 Å². The zero-order chi connectivity index (χ0) is 10.0. The third kappa shape index (κ3) is 1.77. The van der Waals surface area contributed by atoms with E-state index < -0.39 is 17.5 Å². The standard InChI is InChI=1S/C7H8F2N2O2/c1-13-3-2-4(12)11-7(10)5(3)6(8)9/h2,6H,1H3,(H3,10,11,12). The minimum Gasteiger partial charge on any atom is -0.496 e. The van der Waals surface area contributed by atoms with Gasteiger partial charge >= 0.3 is 0 Å². The predicted octanol–water partition coefficient (Wildman–Crippen LogP) is 0.903. The smallest absolute Gasteiger partial charge is 0.270 e. The summed E-state index contributed by atoms with van der Waals surface area (Å²) in [7, 11) is 1.19. The van der Waals surface area contributed by atoms with E-state index in [0.29, 0.717) is 0 Å². The van der Waals surface area contributed by atoms with Crippen LogP contribution in [0.5, 0.6) is 5.75 Å². The number of halogens is 2. The van der Waals surface area contributed by atoms with E-state index in [2.05, 4.69) is 9.72 Å². The highest BCUT2D eigenvalue weighted by atomic mass is 19.3. The van der Waals surface area contributed by atoms with Crippen LogP contribution in [0, 0.1) is 0 Å². The minimum absolute atomic E-state index is 0.198. The first kappa shape index (κ1) is 9.50. The van der Waals surface area contributed by atoms with Gasteiger partial charge in [0, 0.05) is 6.07 Å². The third-order valence-corrected chi connectivity index (χ3v) is 1.51. The molecule has 4 nitrogen and oxygen atoms in total. The Hall–Kier alpha value is -1.59. The molecule has 1 aromatic rings. The average molecular weight is 190 g/mol. The number of rotatable bonds is 2. The zero-order valence-corrected chi connectivity index (χ0v) is 6.80. The Bertz CT molecular complexity index is 362. The molecule has 0 aliphatic heterocycles. The van der Waals surface area contributed by atoms with Gasteiger partial charge in [-0.2, -0.15) is 0 Å². The molecule has 3 N–H and O–H groups in total. The van der Waals surface area contributed by atoms with Gasteiger partial charge in [0.15, 0.2) is 0 Å². The number of hydrogen-bond acceptors (Lipinski definition) is 3. The lowest BCUT2D eigenvalue weighted by molar-refractivity contribution is 0.147. The third-order valence-electron chi connectivity index (χ3n) is 1.51. The average Bonchev–Trinajstić information content (AvgIpc) is 2.01. The van der Waals surface area contributed by atoms with Crippen LogP contribution in [0.4, 0.5) is 14.6 Å². The van der Waals surface area contributed by atoms with E-state index in [1.807, 2.05) is 0 Å². The van der Waals surface area contributed by atoms with Gasteiger partial charge in [-0.25, -0.2) is 8.78 Å². The zero-order valence-electron chi connectivity index (χ0n) is 6.80. The quantitative estimate of drug-likeness (QED) is 0.728. The molecule has 0 atom stereocenters. The summed E-state index contributed by atoms with van der Waals surface area (Å²) < 4.78 is 29.2. The second-order valence-electron chi connectivity index (χ2n) is 2.33. The SMILES string of the molecule is COc1cc(=O)[nH]c(N)c1C(F)F. The van der Waals surface area contributed by atoms with Gasteiger partial charge in [-0.3, -0.25) is 4.79 Å². The number of anilines is 1. The lowest BCUT2D eigenvalue weighted by Gasteiger charge is -2.08. The van der Waals surface area contributed by atoms with Gasteiger partial charge in [0.05, 0.1) is 7.11 Å². The monoisotopic (exact) mass is 190 g/mol. The van der Waals surface area contributed by atoms with Gasteiger partial charge in [-0.15, -0.1) is 0 Å². The van der Waals surface area contributed by atoms with Crippen LogP contribution in [0.3, 0.4) is 0 Å². The number of aromatic nitrogens is 1. The molecule has 0 amide bonds. The van der Waals surface area contributed by atoms with Gasteiger partial charge in [-0.1, -0.05) is 0 Å². The van der Waals surface area contributed by atoms with Gasteiger partial charge in [0.1, 0.15) is 17.1 Å². The number of nitrogen functional groups attached to an aromatic ring is 1. The van der Waals surface area contributed by atoms with Gasteiger partial charge in [0.25, 0.3) is 12.0 Å². The first-order chi connectivity index (χ1) is 6.06. The Kier molecular flexibility index (Phi) is 2.50. The molecule has 0 spiro atoms. The highest BCUT2D eigenvalue weighted by Gasteiger charge is 2.18. The summed E-state index contributed by atoms with van der Waals surface area (Å²) >= 11 is 0. The molecule has 72 valence electrons. The maximum atomic E-state index is 12.3. The van der Waals surface area contributed by atoms with Crippen LogP contribution < -0.4 is 16.0 Å². The molecule has 0 bridgehead atoms. The summed E-state index contributed by atoms with van der Waals surface area (Å²) in [6, 6.07) is 0.928. The number of aromatic amines is 1.